The second kappa shape index (κ2) is 6.94. The van der Waals surface area contributed by atoms with Crippen molar-refractivity contribution in [1.82, 2.24) is 9.55 Å². The van der Waals surface area contributed by atoms with Gasteiger partial charge in [0.25, 0.3) is 5.69 Å². The van der Waals surface area contributed by atoms with Crippen molar-refractivity contribution in [2.45, 2.75) is 64.0 Å². The van der Waals surface area contributed by atoms with Crippen LogP contribution in [-0.4, -0.2) is 29.2 Å². The topological polar surface area (TPSA) is 70.2 Å². The summed E-state index contributed by atoms with van der Waals surface area (Å²) in [4.78, 5) is 15.6. The number of nitro groups is 1. The van der Waals surface area contributed by atoms with Crippen molar-refractivity contribution < 1.29 is 9.66 Å². The smallest absolute Gasteiger partial charge is 0.283 e. The molecule has 0 atom stereocenters. The zero-order valence-electron chi connectivity index (χ0n) is 15.8. The molecule has 0 saturated heterocycles. The van der Waals surface area contributed by atoms with Crippen molar-refractivity contribution in [2.75, 3.05) is 6.61 Å². The van der Waals surface area contributed by atoms with E-state index in [9.17, 15) is 10.1 Å². The van der Waals surface area contributed by atoms with Gasteiger partial charge in [-0.25, -0.2) is 4.98 Å². The first-order valence-electron chi connectivity index (χ1n) is 9.03. The minimum Gasteiger partial charge on any atom is -0.361 e. The Morgan fingerprint density at radius 3 is 2.65 bits per heavy atom. The van der Waals surface area contributed by atoms with E-state index in [1.54, 1.807) is 0 Å². The molecule has 2 aromatic heterocycles. The molecule has 0 N–H and O–H groups in total. The van der Waals surface area contributed by atoms with E-state index < -0.39 is 8.07 Å². The standard InChI is InChI=1S/C18H26ClN3O3Si/c1-18(6-5-7-18)13-11-21(12-25-8-9-26(2,3)4)17-16(13)14(22(23)24)10-15(19)20-17/h10-11H,5-9,12H2,1-4H3. The number of fused-ring (bicyclic) bond motifs is 1. The fraction of sp³-hybridized carbons (Fsp3) is 0.611. The second-order valence-electron chi connectivity index (χ2n) is 8.69. The summed E-state index contributed by atoms with van der Waals surface area (Å²) in [5, 5.41) is 12.4. The Labute approximate surface area is 159 Å². The minimum atomic E-state index is -1.16. The molecule has 2 aromatic rings. The summed E-state index contributed by atoms with van der Waals surface area (Å²) >= 11 is 6.07. The summed E-state index contributed by atoms with van der Waals surface area (Å²) in [7, 11) is -1.16. The maximum atomic E-state index is 11.6. The van der Waals surface area contributed by atoms with E-state index in [0.29, 0.717) is 24.4 Å². The van der Waals surface area contributed by atoms with Crippen molar-refractivity contribution >= 4 is 36.4 Å². The zero-order valence-corrected chi connectivity index (χ0v) is 17.6. The molecule has 0 radical (unpaired) electrons. The van der Waals surface area contributed by atoms with Crippen LogP contribution in [0.1, 0.15) is 31.7 Å². The molecule has 1 saturated carbocycles. The van der Waals surface area contributed by atoms with Gasteiger partial charge in [0.05, 0.1) is 11.0 Å². The van der Waals surface area contributed by atoms with Gasteiger partial charge in [-0.3, -0.25) is 10.1 Å². The third-order valence-corrected chi connectivity index (χ3v) is 7.20. The Morgan fingerprint density at radius 2 is 2.12 bits per heavy atom. The number of aromatic nitrogens is 2. The molecular weight excluding hydrogens is 370 g/mol. The van der Waals surface area contributed by atoms with Crippen LogP contribution in [0.15, 0.2) is 12.3 Å². The van der Waals surface area contributed by atoms with Gasteiger partial charge in [0.2, 0.25) is 0 Å². The van der Waals surface area contributed by atoms with Gasteiger partial charge in [0.1, 0.15) is 17.3 Å². The van der Waals surface area contributed by atoms with Crippen molar-refractivity contribution in [3.63, 3.8) is 0 Å². The molecule has 2 heterocycles. The summed E-state index contributed by atoms with van der Waals surface area (Å²) in [5.41, 5.74) is 1.52. The third kappa shape index (κ3) is 3.79. The lowest BCUT2D eigenvalue weighted by molar-refractivity contribution is -0.383. The fourth-order valence-corrected chi connectivity index (χ4v) is 4.39. The Hall–Kier alpha value is -1.44. The molecule has 0 bridgehead atoms. The number of hydrogen-bond acceptors (Lipinski definition) is 4. The Morgan fingerprint density at radius 1 is 1.42 bits per heavy atom. The van der Waals surface area contributed by atoms with Crippen LogP contribution >= 0.6 is 11.6 Å². The number of pyridine rings is 1. The summed E-state index contributed by atoms with van der Waals surface area (Å²) < 4.78 is 7.74. The minimum absolute atomic E-state index is 0.0315. The molecule has 0 spiro atoms. The van der Waals surface area contributed by atoms with Crippen LogP contribution in [0.4, 0.5) is 5.69 Å². The van der Waals surface area contributed by atoms with Gasteiger partial charge in [-0.1, -0.05) is 44.6 Å². The van der Waals surface area contributed by atoms with E-state index in [1.807, 2.05) is 10.8 Å². The first kappa shape index (κ1) is 19.3. The lowest BCUT2D eigenvalue weighted by Gasteiger charge is -2.38. The molecule has 26 heavy (non-hydrogen) atoms. The van der Waals surface area contributed by atoms with Gasteiger partial charge in [-0.15, -0.1) is 0 Å². The maximum Gasteiger partial charge on any atom is 0.283 e. The van der Waals surface area contributed by atoms with E-state index in [1.165, 1.54) is 6.07 Å². The molecule has 1 aliphatic carbocycles. The lowest BCUT2D eigenvalue weighted by Crippen LogP contribution is -2.30. The SMILES string of the molecule is CC1(c2cn(COCC[Si](C)(C)C)c3nc(Cl)cc([N+](=O)[O-])c23)CCC1. The molecule has 0 amide bonds. The highest BCUT2D eigenvalue weighted by molar-refractivity contribution is 6.76. The molecule has 0 unspecified atom stereocenters. The molecular formula is C18H26ClN3O3Si. The highest BCUT2D eigenvalue weighted by atomic mass is 35.5. The Bertz CT molecular complexity index is 840. The molecule has 1 fully saturated rings. The van der Waals surface area contributed by atoms with Crippen molar-refractivity contribution in [1.29, 1.82) is 0 Å². The van der Waals surface area contributed by atoms with Crippen LogP contribution in [0, 0.1) is 10.1 Å². The first-order chi connectivity index (χ1) is 12.1. The average Bonchev–Trinajstić information content (AvgIpc) is 2.86. The predicted octanol–water partition coefficient (Wildman–Crippen LogP) is 5.35. The number of hydrogen-bond donors (Lipinski definition) is 0. The summed E-state index contributed by atoms with van der Waals surface area (Å²) in [6.07, 6.45) is 5.18. The Kier molecular flexibility index (Phi) is 5.16. The fourth-order valence-electron chi connectivity index (χ4n) is 3.45. The Balaban J connectivity index is 1.99. The summed E-state index contributed by atoms with van der Waals surface area (Å²) in [5.74, 6) is 0. The van der Waals surface area contributed by atoms with Crippen LogP contribution in [0.5, 0.6) is 0 Å². The van der Waals surface area contributed by atoms with Crippen molar-refractivity contribution in [2.24, 2.45) is 0 Å². The largest absolute Gasteiger partial charge is 0.361 e. The number of rotatable bonds is 7. The number of halogens is 1. The summed E-state index contributed by atoms with van der Waals surface area (Å²) in [6, 6.07) is 2.43. The monoisotopic (exact) mass is 395 g/mol. The van der Waals surface area contributed by atoms with Crippen LogP contribution < -0.4 is 0 Å². The van der Waals surface area contributed by atoms with Crippen LogP contribution in [0.3, 0.4) is 0 Å². The zero-order chi connectivity index (χ0) is 19.1. The normalized spacial score (nSPS) is 16.7. The van der Waals surface area contributed by atoms with E-state index >= 15 is 0 Å². The lowest BCUT2D eigenvalue weighted by atomic mass is 9.66. The molecule has 3 rings (SSSR count). The van der Waals surface area contributed by atoms with Crippen molar-refractivity contribution in [3.05, 3.63) is 33.1 Å². The molecule has 8 heteroatoms. The number of ether oxygens (including phenoxy) is 1. The van der Waals surface area contributed by atoms with Gasteiger partial charge >= 0.3 is 0 Å². The van der Waals surface area contributed by atoms with Crippen LogP contribution in [0.2, 0.25) is 30.8 Å². The van der Waals surface area contributed by atoms with Gasteiger partial charge in [-0.2, -0.15) is 0 Å². The highest BCUT2D eigenvalue weighted by Gasteiger charge is 2.38. The van der Waals surface area contributed by atoms with Gasteiger partial charge in [0, 0.05) is 20.9 Å². The van der Waals surface area contributed by atoms with Gasteiger partial charge in [-0.05, 0) is 29.9 Å². The maximum absolute atomic E-state index is 11.6. The average molecular weight is 396 g/mol. The molecule has 6 nitrogen and oxygen atoms in total. The van der Waals surface area contributed by atoms with E-state index in [0.717, 1.165) is 30.9 Å². The third-order valence-electron chi connectivity index (χ3n) is 5.31. The van der Waals surface area contributed by atoms with Crippen LogP contribution in [-0.2, 0) is 16.9 Å². The van der Waals surface area contributed by atoms with Gasteiger partial charge < -0.3 is 9.30 Å². The van der Waals surface area contributed by atoms with E-state index in [-0.39, 0.29) is 21.2 Å². The second-order valence-corrected chi connectivity index (χ2v) is 14.7. The first-order valence-corrected chi connectivity index (χ1v) is 13.1. The summed E-state index contributed by atoms with van der Waals surface area (Å²) in [6.45, 7) is 10.1. The predicted molar refractivity (Wildman–Crippen MR) is 107 cm³/mol. The molecule has 142 valence electrons. The van der Waals surface area contributed by atoms with Crippen LogP contribution in [0.25, 0.3) is 11.0 Å². The highest BCUT2D eigenvalue weighted by Crippen LogP contribution is 2.48. The molecule has 0 aromatic carbocycles. The molecule has 1 aliphatic rings. The van der Waals surface area contributed by atoms with Gasteiger partial charge in [0.15, 0.2) is 5.65 Å². The quantitative estimate of drug-likeness (QED) is 0.208. The molecule has 0 aliphatic heterocycles. The van der Waals surface area contributed by atoms with E-state index in [2.05, 4.69) is 31.5 Å². The van der Waals surface area contributed by atoms with Crippen molar-refractivity contribution in [3.8, 4) is 0 Å². The number of nitrogens with zero attached hydrogens (tertiary/aromatic N) is 3. The van der Waals surface area contributed by atoms with E-state index in [4.69, 9.17) is 16.3 Å².